The number of hydrogen-bond donors (Lipinski definition) is 1. The van der Waals surface area contributed by atoms with E-state index in [2.05, 4.69) is 4.98 Å². The molecule has 0 amide bonds. The van der Waals surface area contributed by atoms with Crippen molar-refractivity contribution in [3.05, 3.63) is 56.3 Å². The number of aryl methyl sites for hydroxylation is 1. The molecule has 0 unspecified atom stereocenters. The second-order valence-electron chi connectivity index (χ2n) is 5.93. The lowest BCUT2D eigenvalue weighted by Crippen LogP contribution is -2.21. The van der Waals surface area contributed by atoms with E-state index < -0.39 is 17.2 Å². The van der Waals surface area contributed by atoms with Crippen LogP contribution < -0.4 is 20.7 Å². The molecular formula is C20H19NO7. The fraction of sp³-hybridized carbons (Fsp3) is 0.250. The lowest BCUT2D eigenvalue weighted by Gasteiger charge is -2.11. The second-order valence-corrected chi connectivity index (χ2v) is 5.93. The fourth-order valence-corrected chi connectivity index (χ4v) is 3.00. The summed E-state index contributed by atoms with van der Waals surface area (Å²) >= 11 is 0. The molecule has 0 atom stereocenters. The smallest absolute Gasteiger partial charge is 0.349 e. The first-order valence-corrected chi connectivity index (χ1v) is 8.51. The molecule has 1 N–H and O–H groups in total. The Morgan fingerprint density at radius 2 is 1.82 bits per heavy atom. The summed E-state index contributed by atoms with van der Waals surface area (Å²) in [4.78, 5) is 39.7. The van der Waals surface area contributed by atoms with E-state index in [1.54, 1.807) is 32.0 Å². The number of methoxy groups -OCH3 is 2. The molecule has 2 aromatic heterocycles. The van der Waals surface area contributed by atoms with Gasteiger partial charge >= 0.3 is 11.6 Å². The van der Waals surface area contributed by atoms with Crippen molar-refractivity contribution in [3.8, 4) is 22.8 Å². The third-order valence-electron chi connectivity index (χ3n) is 4.27. The number of carbonyl (C=O) groups is 1. The average Bonchev–Trinajstić information content (AvgIpc) is 2.66. The highest BCUT2D eigenvalue weighted by atomic mass is 16.5. The van der Waals surface area contributed by atoms with Crippen molar-refractivity contribution in [2.24, 2.45) is 0 Å². The highest BCUT2D eigenvalue weighted by Gasteiger charge is 2.21. The molecule has 28 heavy (non-hydrogen) atoms. The summed E-state index contributed by atoms with van der Waals surface area (Å²) in [5.74, 6) is 0.489. The van der Waals surface area contributed by atoms with Crippen LogP contribution in [0.1, 0.15) is 23.0 Å². The van der Waals surface area contributed by atoms with E-state index >= 15 is 0 Å². The Bertz CT molecular complexity index is 1170. The number of aromatic amines is 1. The summed E-state index contributed by atoms with van der Waals surface area (Å²) in [5.41, 5.74) is -0.544. The van der Waals surface area contributed by atoms with Gasteiger partial charge < -0.3 is 23.6 Å². The van der Waals surface area contributed by atoms with Crippen LogP contribution in [-0.4, -0.2) is 31.8 Å². The zero-order valence-electron chi connectivity index (χ0n) is 15.9. The molecule has 0 saturated heterocycles. The number of ether oxygens (including phenoxy) is 3. The zero-order chi connectivity index (χ0) is 20.4. The highest BCUT2D eigenvalue weighted by Crippen LogP contribution is 2.33. The fourth-order valence-electron chi connectivity index (χ4n) is 3.00. The van der Waals surface area contributed by atoms with E-state index in [9.17, 15) is 14.4 Å². The summed E-state index contributed by atoms with van der Waals surface area (Å²) in [7, 11) is 2.99. The van der Waals surface area contributed by atoms with Gasteiger partial charge in [-0.05, 0) is 38.1 Å². The van der Waals surface area contributed by atoms with E-state index in [1.165, 1.54) is 20.3 Å². The van der Waals surface area contributed by atoms with E-state index in [0.717, 1.165) is 0 Å². The number of nitrogens with one attached hydrogen (secondary N) is 1. The number of esters is 1. The van der Waals surface area contributed by atoms with Crippen molar-refractivity contribution < 1.29 is 23.4 Å². The maximum Gasteiger partial charge on any atom is 0.349 e. The molecule has 2 heterocycles. The molecule has 1 aromatic carbocycles. The summed E-state index contributed by atoms with van der Waals surface area (Å²) in [6.07, 6.45) is 0. The third-order valence-corrected chi connectivity index (χ3v) is 4.27. The van der Waals surface area contributed by atoms with Crippen molar-refractivity contribution in [3.63, 3.8) is 0 Å². The molecule has 8 heteroatoms. The molecule has 146 valence electrons. The van der Waals surface area contributed by atoms with E-state index in [0.29, 0.717) is 22.8 Å². The quantitative estimate of drug-likeness (QED) is 0.673. The van der Waals surface area contributed by atoms with Crippen LogP contribution in [0, 0.1) is 6.92 Å². The first-order valence-electron chi connectivity index (χ1n) is 8.51. The molecule has 0 spiro atoms. The number of fused-ring (bicyclic) bond motifs is 1. The lowest BCUT2D eigenvalue weighted by molar-refractivity contribution is 0.0527. The van der Waals surface area contributed by atoms with Crippen LogP contribution in [-0.2, 0) is 4.74 Å². The molecule has 0 bridgehead atoms. The normalized spacial score (nSPS) is 10.7. The minimum Gasteiger partial charge on any atom is -0.493 e. The SMILES string of the molecule is CCOC(=O)c1c(C)[nH]c(=O)c2c(=O)oc(-c3ccc(OC)c(OC)c3)cc12. The number of pyridine rings is 1. The Labute approximate surface area is 159 Å². The van der Waals surface area contributed by atoms with Crippen LogP contribution in [0.25, 0.3) is 22.1 Å². The third kappa shape index (κ3) is 3.24. The van der Waals surface area contributed by atoms with Gasteiger partial charge in [-0.1, -0.05) is 0 Å². The summed E-state index contributed by atoms with van der Waals surface area (Å²) < 4.78 is 20.9. The van der Waals surface area contributed by atoms with Crippen LogP contribution in [0.4, 0.5) is 0 Å². The molecular weight excluding hydrogens is 366 g/mol. The zero-order valence-corrected chi connectivity index (χ0v) is 15.9. The maximum atomic E-state index is 12.5. The number of benzene rings is 1. The Morgan fingerprint density at radius 3 is 2.46 bits per heavy atom. The molecule has 0 saturated carbocycles. The predicted molar refractivity (Wildman–Crippen MR) is 102 cm³/mol. The molecule has 0 radical (unpaired) electrons. The van der Waals surface area contributed by atoms with Crippen LogP contribution in [0.5, 0.6) is 11.5 Å². The van der Waals surface area contributed by atoms with Crippen molar-refractivity contribution >= 4 is 16.7 Å². The standard InChI is InChI=1S/C20H19NO7/c1-5-27-19(23)16-10(2)21-18(22)17-12(16)9-14(28-20(17)24)11-6-7-13(25-3)15(8-11)26-4/h6-9H,5H2,1-4H3,(H,21,22). The van der Waals surface area contributed by atoms with Crippen molar-refractivity contribution in [1.29, 1.82) is 0 Å². The first kappa shape index (κ1) is 19.2. The molecule has 0 fully saturated rings. The van der Waals surface area contributed by atoms with Gasteiger partial charge in [-0.15, -0.1) is 0 Å². The number of aromatic nitrogens is 1. The largest absolute Gasteiger partial charge is 0.493 e. The van der Waals surface area contributed by atoms with Gasteiger partial charge in [-0.3, -0.25) is 4.79 Å². The predicted octanol–water partition coefficient (Wildman–Crippen LogP) is 2.65. The Hall–Kier alpha value is -3.55. The van der Waals surface area contributed by atoms with Gasteiger partial charge in [-0.2, -0.15) is 0 Å². The first-order chi connectivity index (χ1) is 13.4. The Balaban J connectivity index is 2.33. The van der Waals surface area contributed by atoms with Crippen molar-refractivity contribution in [2.45, 2.75) is 13.8 Å². The topological polar surface area (TPSA) is 108 Å². The van der Waals surface area contributed by atoms with Gasteiger partial charge in [0.15, 0.2) is 11.5 Å². The Morgan fingerprint density at radius 1 is 1.11 bits per heavy atom. The van der Waals surface area contributed by atoms with Crippen LogP contribution >= 0.6 is 0 Å². The number of hydrogen-bond acceptors (Lipinski definition) is 7. The van der Waals surface area contributed by atoms with Crippen molar-refractivity contribution in [1.82, 2.24) is 4.98 Å². The molecule has 3 rings (SSSR count). The average molecular weight is 385 g/mol. The molecule has 0 aliphatic heterocycles. The van der Waals surface area contributed by atoms with Crippen LogP contribution in [0.15, 0.2) is 38.3 Å². The minimum atomic E-state index is -0.853. The molecule has 8 nitrogen and oxygen atoms in total. The van der Waals surface area contributed by atoms with Gasteiger partial charge in [0, 0.05) is 16.6 Å². The monoisotopic (exact) mass is 385 g/mol. The van der Waals surface area contributed by atoms with E-state index in [-0.39, 0.29) is 28.7 Å². The molecule has 3 aromatic rings. The van der Waals surface area contributed by atoms with Crippen molar-refractivity contribution in [2.75, 3.05) is 20.8 Å². The maximum absolute atomic E-state index is 12.5. The number of carbonyl (C=O) groups excluding carboxylic acids is 1. The van der Waals surface area contributed by atoms with Crippen LogP contribution in [0.2, 0.25) is 0 Å². The summed E-state index contributed by atoms with van der Waals surface area (Å²) in [6.45, 7) is 3.39. The number of H-pyrrole nitrogens is 1. The van der Waals surface area contributed by atoms with Gasteiger partial charge in [0.2, 0.25) is 0 Å². The second kappa shape index (κ2) is 7.59. The summed E-state index contributed by atoms with van der Waals surface area (Å²) in [5, 5.41) is -0.0707. The minimum absolute atomic E-state index is 0.117. The van der Waals surface area contributed by atoms with Gasteiger partial charge in [0.1, 0.15) is 11.1 Å². The molecule has 0 aliphatic rings. The molecule has 0 aliphatic carbocycles. The van der Waals surface area contributed by atoms with Gasteiger partial charge in [0.25, 0.3) is 5.56 Å². The number of rotatable bonds is 5. The highest BCUT2D eigenvalue weighted by molar-refractivity contribution is 6.05. The lowest BCUT2D eigenvalue weighted by atomic mass is 10.0. The van der Waals surface area contributed by atoms with E-state index in [4.69, 9.17) is 18.6 Å². The van der Waals surface area contributed by atoms with E-state index in [1.807, 2.05) is 0 Å². The summed E-state index contributed by atoms with van der Waals surface area (Å²) in [6, 6.07) is 6.45. The van der Waals surface area contributed by atoms with Gasteiger partial charge in [0.05, 0.1) is 26.4 Å². The van der Waals surface area contributed by atoms with Crippen LogP contribution in [0.3, 0.4) is 0 Å². The van der Waals surface area contributed by atoms with Gasteiger partial charge in [-0.25, -0.2) is 9.59 Å². The Kier molecular flexibility index (Phi) is 5.21.